The first kappa shape index (κ1) is 18.8. The number of benzene rings is 2. The number of ether oxygens (including phenoxy) is 1. The lowest BCUT2D eigenvalue weighted by molar-refractivity contribution is 0.0603. The molecule has 1 amide bonds. The summed E-state index contributed by atoms with van der Waals surface area (Å²) in [6, 6.07) is 11.6. The van der Waals surface area contributed by atoms with Gasteiger partial charge in [-0.05, 0) is 37.1 Å². The number of rotatable bonds is 4. The van der Waals surface area contributed by atoms with Crippen molar-refractivity contribution in [2.75, 3.05) is 12.4 Å². The first-order valence-electron chi connectivity index (χ1n) is 8.25. The molecular weight excluding hydrogens is 365 g/mol. The van der Waals surface area contributed by atoms with Crippen LogP contribution in [0.3, 0.4) is 0 Å². The number of carbonyl (C=O) groups excluding carboxylic acids is 2. The second kappa shape index (κ2) is 7.72. The topological polar surface area (TPSA) is 55.4 Å². The fourth-order valence-corrected chi connectivity index (χ4v) is 3.74. The van der Waals surface area contributed by atoms with E-state index in [4.69, 9.17) is 4.74 Å². The average molecular weight is 383 g/mol. The smallest absolute Gasteiger partial charge is 0.341 e. The van der Waals surface area contributed by atoms with Crippen LogP contribution in [0.25, 0.3) is 11.1 Å². The van der Waals surface area contributed by atoms with Gasteiger partial charge in [0.2, 0.25) is 0 Å². The Morgan fingerprint density at radius 3 is 2.52 bits per heavy atom. The van der Waals surface area contributed by atoms with Crippen molar-refractivity contribution in [3.8, 4) is 11.1 Å². The number of hydrogen-bond acceptors (Lipinski definition) is 4. The second-order valence-electron chi connectivity index (χ2n) is 6.10. The summed E-state index contributed by atoms with van der Waals surface area (Å²) in [5, 5.41) is 4.77. The van der Waals surface area contributed by atoms with Crippen LogP contribution in [0.15, 0.2) is 47.8 Å². The minimum atomic E-state index is -0.624. The highest BCUT2D eigenvalue weighted by atomic mass is 32.1. The van der Waals surface area contributed by atoms with Gasteiger partial charge in [-0.25, -0.2) is 9.18 Å². The van der Waals surface area contributed by atoms with Gasteiger partial charge < -0.3 is 10.1 Å². The maximum absolute atomic E-state index is 13.9. The molecule has 0 unspecified atom stereocenters. The van der Waals surface area contributed by atoms with Gasteiger partial charge in [0, 0.05) is 10.9 Å². The molecule has 0 radical (unpaired) electrons. The summed E-state index contributed by atoms with van der Waals surface area (Å²) < 4.78 is 18.8. The molecule has 1 N–H and O–H groups in total. The van der Waals surface area contributed by atoms with Gasteiger partial charge in [0.25, 0.3) is 5.91 Å². The number of carbonyl (C=O) groups is 2. The minimum Gasteiger partial charge on any atom is -0.465 e. The van der Waals surface area contributed by atoms with E-state index in [0.29, 0.717) is 10.6 Å². The zero-order valence-electron chi connectivity index (χ0n) is 15.1. The summed E-state index contributed by atoms with van der Waals surface area (Å²) in [6.07, 6.45) is 0. The Morgan fingerprint density at radius 2 is 1.81 bits per heavy atom. The first-order valence-corrected chi connectivity index (χ1v) is 9.13. The molecule has 3 aromatic rings. The van der Waals surface area contributed by atoms with Crippen LogP contribution in [0, 0.1) is 19.7 Å². The summed E-state index contributed by atoms with van der Waals surface area (Å²) in [4.78, 5) is 24.9. The summed E-state index contributed by atoms with van der Waals surface area (Å²) in [5.74, 6) is -1.80. The third-order valence-electron chi connectivity index (χ3n) is 4.21. The predicted molar refractivity (Wildman–Crippen MR) is 105 cm³/mol. The Labute approximate surface area is 160 Å². The van der Waals surface area contributed by atoms with E-state index in [1.54, 1.807) is 11.4 Å². The molecule has 0 bridgehead atoms. The molecule has 27 heavy (non-hydrogen) atoms. The quantitative estimate of drug-likeness (QED) is 0.629. The van der Waals surface area contributed by atoms with Gasteiger partial charge in [-0.2, -0.15) is 0 Å². The number of amides is 1. The molecule has 0 aliphatic carbocycles. The third kappa shape index (κ3) is 3.75. The molecule has 1 aromatic heterocycles. The van der Waals surface area contributed by atoms with E-state index >= 15 is 0 Å². The van der Waals surface area contributed by atoms with Crippen molar-refractivity contribution in [1.82, 2.24) is 0 Å². The molecule has 138 valence electrons. The van der Waals surface area contributed by atoms with Crippen LogP contribution in [-0.4, -0.2) is 19.0 Å². The monoisotopic (exact) mass is 383 g/mol. The first-order chi connectivity index (χ1) is 12.9. The van der Waals surface area contributed by atoms with E-state index in [2.05, 4.69) is 5.32 Å². The zero-order valence-corrected chi connectivity index (χ0v) is 15.9. The molecule has 0 saturated heterocycles. The number of aryl methyl sites for hydroxylation is 2. The highest BCUT2D eigenvalue weighted by molar-refractivity contribution is 7.15. The highest BCUT2D eigenvalue weighted by Gasteiger charge is 2.24. The third-order valence-corrected chi connectivity index (χ3v) is 5.10. The summed E-state index contributed by atoms with van der Waals surface area (Å²) in [6.45, 7) is 3.92. The summed E-state index contributed by atoms with van der Waals surface area (Å²) >= 11 is 1.20. The van der Waals surface area contributed by atoms with E-state index in [9.17, 15) is 14.0 Å². The predicted octanol–water partition coefficient (Wildman–Crippen LogP) is 5.21. The van der Waals surface area contributed by atoms with Crippen LogP contribution in [0.4, 0.5) is 9.39 Å². The average Bonchev–Trinajstić information content (AvgIpc) is 3.06. The molecule has 0 aliphatic rings. The van der Waals surface area contributed by atoms with Crippen molar-refractivity contribution in [3.63, 3.8) is 0 Å². The van der Waals surface area contributed by atoms with Crippen LogP contribution in [-0.2, 0) is 4.74 Å². The van der Waals surface area contributed by atoms with Crippen molar-refractivity contribution < 1.29 is 18.7 Å². The standard InChI is InChI=1S/C21H18FNO3S/c1-12-8-9-13(2)15(10-12)16-11-27-20(18(16)21(25)26-3)23-19(24)14-6-4-5-7-17(14)22/h4-11H,1-3H3,(H,23,24). The lowest BCUT2D eigenvalue weighted by Crippen LogP contribution is -2.15. The van der Waals surface area contributed by atoms with Crippen molar-refractivity contribution in [3.05, 3.63) is 75.9 Å². The van der Waals surface area contributed by atoms with E-state index in [1.165, 1.54) is 36.6 Å². The fourth-order valence-electron chi connectivity index (χ4n) is 2.79. The van der Waals surface area contributed by atoms with E-state index in [1.807, 2.05) is 32.0 Å². The van der Waals surface area contributed by atoms with Crippen molar-refractivity contribution in [2.45, 2.75) is 13.8 Å². The molecule has 6 heteroatoms. The highest BCUT2D eigenvalue weighted by Crippen LogP contribution is 2.38. The van der Waals surface area contributed by atoms with Gasteiger partial charge in [-0.3, -0.25) is 4.79 Å². The number of anilines is 1. The van der Waals surface area contributed by atoms with Gasteiger partial charge in [-0.1, -0.05) is 35.9 Å². The molecule has 0 aliphatic heterocycles. The van der Waals surface area contributed by atoms with Crippen LogP contribution < -0.4 is 5.32 Å². The van der Waals surface area contributed by atoms with Gasteiger partial charge in [0.05, 0.1) is 12.7 Å². The normalized spacial score (nSPS) is 10.5. The van der Waals surface area contributed by atoms with E-state index in [0.717, 1.165) is 16.7 Å². The molecule has 0 atom stereocenters. The van der Waals surface area contributed by atoms with Gasteiger partial charge in [0.1, 0.15) is 16.4 Å². The molecule has 1 heterocycles. The van der Waals surface area contributed by atoms with Crippen molar-refractivity contribution in [1.29, 1.82) is 0 Å². The van der Waals surface area contributed by atoms with E-state index in [-0.39, 0.29) is 11.1 Å². The van der Waals surface area contributed by atoms with Gasteiger partial charge in [0.15, 0.2) is 0 Å². The number of esters is 1. The molecule has 3 rings (SSSR count). The summed E-state index contributed by atoms with van der Waals surface area (Å²) in [7, 11) is 1.29. The van der Waals surface area contributed by atoms with E-state index < -0.39 is 17.7 Å². The maximum atomic E-state index is 13.9. The maximum Gasteiger partial charge on any atom is 0.341 e. The Bertz CT molecular complexity index is 1030. The Kier molecular flexibility index (Phi) is 5.37. The lowest BCUT2D eigenvalue weighted by Gasteiger charge is -2.10. The largest absolute Gasteiger partial charge is 0.465 e. The zero-order chi connectivity index (χ0) is 19.6. The van der Waals surface area contributed by atoms with Crippen LogP contribution in [0.5, 0.6) is 0 Å². The minimum absolute atomic E-state index is 0.0880. The molecule has 0 saturated carbocycles. The van der Waals surface area contributed by atoms with Crippen LogP contribution >= 0.6 is 11.3 Å². The second-order valence-corrected chi connectivity index (χ2v) is 6.98. The number of thiophene rings is 1. The molecular formula is C21H18FNO3S. The number of hydrogen-bond donors (Lipinski definition) is 1. The number of nitrogens with one attached hydrogen (secondary N) is 1. The Hall–Kier alpha value is -2.99. The lowest BCUT2D eigenvalue weighted by atomic mass is 9.97. The van der Waals surface area contributed by atoms with Gasteiger partial charge in [-0.15, -0.1) is 11.3 Å². The van der Waals surface area contributed by atoms with Crippen molar-refractivity contribution >= 4 is 28.2 Å². The number of methoxy groups -OCH3 is 1. The Morgan fingerprint density at radius 1 is 1.07 bits per heavy atom. The summed E-state index contributed by atoms with van der Waals surface area (Å²) in [5.41, 5.74) is 3.79. The SMILES string of the molecule is COC(=O)c1c(-c2cc(C)ccc2C)csc1NC(=O)c1ccccc1F. The van der Waals surface area contributed by atoms with Crippen molar-refractivity contribution in [2.24, 2.45) is 0 Å². The Balaban J connectivity index is 2.06. The molecule has 0 spiro atoms. The van der Waals surface area contributed by atoms with Crippen LogP contribution in [0.2, 0.25) is 0 Å². The molecule has 4 nitrogen and oxygen atoms in total. The fraction of sp³-hybridized carbons (Fsp3) is 0.143. The molecule has 2 aromatic carbocycles. The molecule has 0 fully saturated rings. The van der Waals surface area contributed by atoms with Crippen LogP contribution in [0.1, 0.15) is 31.8 Å². The number of halogens is 1. The van der Waals surface area contributed by atoms with Gasteiger partial charge >= 0.3 is 5.97 Å².